The van der Waals surface area contributed by atoms with E-state index in [4.69, 9.17) is 14.2 Å². The van der Waals surface area contributed by atoms with Crippen molar-refractivity contribution in [3.8, 4) is 0 Å². The Morgan fingerprint density at radius 2 is 0.513 bits per heavy atom. The van der Waals surface area contributed by atoms with Crippen LogP contribution < -0.4 is 0 Å². The Morgan fingerprint density at radius 1 is 0.276 bits per heavy atom. The number of allylic oxidation sites excluding steroid dienone is 20. The number of hydrogen-bond donors (Lipinski definition) is 0. The molecule has 0 aliphatic rings. The maximum absolute atomic E-state index is 12.9. The van der Waals surface area contributed by atoms with Gasteiger partial charge < -0.3 is 14.2 Å². The molecular weight excluding hydrogens is 937 g/mol. The van der Waals surface area contributed by atoms with Crippen LogP contribution in [0.4, 0.5) is 0 Å². The molecule has 1 atom stereocenters. The molecule has 0 saturated carbocycles. The van der Waals surface area contributed by atoms with Gasteiger partial charge in [-0.1, -0.05) is 251 Å². The molecule has 6 heteroatoms. The molecule has 0 spiro atoms. The van der Waals surface area contributed by atoms with Crippen molar-refractivity contribution in [3.63, 3.8) is 0 Å². The summed E-state index contributed by atoms with van der Waals surface area (Å²) in [6.45, 7) is 6.45. The summed E-state index contributed by atoms with van der Waals surface area (Å²) in [6.07, 6.45) is 87.7. The number of esters is 3. The highest BCUT2D eigenvalue weighted by Gasteiger charge is 2.19. The van der Waals surface area contributed by atoms with E-state index in [2.05, 4.69) is 142 Å². The van der Waals surface area contributed by atoms with E-state index in [1.165, 1.54) is 122 Å². The summed E-state index contributed by atoms with van der Waals surface area (Å²) in [6, 6.07) is 0. The lowest BCUT2D eigenvalue weighted by Gasteiger charge is -2.18. The second kappa shape index (κ2) is 63.3. The van der Waals surface area contributed by atoms with E-state index in [9.17, 15) is 14.4 Å². The SMILES string of the molecule is CC/C=C\C/C=C\C/C=C\C/C=C\C/C=C\C/C=C\CCCCC(=O)OC(COC(=O)CCCCCCC/C=C\CCCCC)COC(=O)CCCCCCCCCCCC/C=C\C/C=C\C/C=C\CCCCCCC. The van der Waals surface area contributed by atoms with Crippen molar-refractivity contribution in [2.45, 2.75) is 290 Å². The molecule has 0 fully saturated rings. The van der Waals surface area contributed by atoms with E-state index in [0.29, 0.717) is 19.3 Å². The molecular formula is C70H116O6. The Bertz CT molecular complexity index is 1590. The molecule has 0 rings (SSSR count). The predicted octanol–water partition coefficient (Wildman–Crippen LogP) is 21.6. The molecule has 432 valence electrons. The minimum Gasteiger partial charge on any atom is -0.462 e. The molecule has 6 nitrogen and oxygen atoms in total. The Morgan fingerprint density at radius 3 is 0.868 bits per heavy atom. The molecule has 0 heterocycles. The molecule has 0 aromatic heterocycles. The Balaban J connectivity index is 4.41. The molecule has 0 saturated heterocycles. The monoisotopic (exact) mass is 1050 g/mol. The Kier molecular flexibility index (Phi) is 59.9. The zero-order chi connectivity index (χ0) is 55.0. The summed E-state index contributed by atoms with van der Waals surface area (Å²) in [5.74, 6) is -0.958. The first-order valence-corrected chi connectivity index (χ1v) is 31.5. The third-order valence-electron chi connectivity index (χ3n) is 13.2. The lowest BCUT2D eigenvalue weighted by molar-refractivity contribution is -0.167. The van der Waals surface area contributed by atoms with Crippen molar-refractivity contribution >= 4 is 17.9 Å². The second-order valence-electron chi connectivity index (χ2n) is 20.6. The van der Waals surface area contributed by atoms with Gasteiger partial charge in [-0.3, -0.25) is 14.4 Å². The van der Waals surface area contributed by atoms with Crippen LogP contribution in [0.25, 0.3) is 0 Å². The first-order valence-electron chi connectivity index (χ1n) is 31.5. The van der Waals surface area contributed by atoms with Gasteiger partial charge in [-0.05, 0) is 135 Å². The quantitative estimate of drug-likeness (QED) is 0.0261. The summed E-state index contributed by atoms with van der Waals surface area (Å²) in [4.78, 5) is 38.2. The maximum atomic E-state index is 12.9. The van der Waals surface area contributed by atoms with Crippen molar-refractivity contribution in [1.82, 2.24) is 0 Å². The molecule has 0 N–H and O–H groups in total. The highest BCUT2D eigenvalue weighted by Crippen LogP contribution is 2.15. The van der Waals surface area contributed by atoms with Crippen LogP contribution in [-0.2, 0) is 28.6 Å². The van der Waals surface area contributed by atoms with Crippen LogP contribution in [-0.4, -0.2) is 37.2 Å². The van der Waals surface area contributed by atoms with Gasteiger partial charge in [-0.25, -0.2) is 0 Å². The van der Waals surface area contributed by atoms with Crippen molar-refractivity contribution in [1.29, 1.82) is 0 Å². The van der Waals surface area contributed by atoms with Crippen LogP contribution in [0, 0.1) is 0 Å². The average molecular weight is 1050 g/mol. The number of hydrogen-bond acceptors (Lipinski definition) is 6. The van der Waals surface area contributed by atoms with Crippen molar-refractivity contribution in [3.05, 3.63) is 122 Å². The number of unbranched alkanes of at least 4 members (excludes halogenated alkanes) is 25. The molecule has 0 aliphatic carbocycles. The van der Waals surface area contributed by atoms with Crippen LogP contribution in [0.15, 0.2) is 122 Å². The first kappa shape index (κ1) is 71.8. The number of carbonyl (C=O) groups is 3. The minimum atomic E-state index is -0.810. The topological polar surface area (TPSA) is 78.9 Å². The molecule has 0 aromatic rings. The van der Waals surface area contributed by atoms with Crippen molar-refractivity contribution in [2.75, 3.05) is 13.2 Å². The molecule has 76 heavy (non-hydrogen) atoms. The molecule has 1 unspecified atom stereocenters. The minimum absolute atomic E-state index is 0.103. The molecule has 0 amide bonds. The standard InChI is InChI=1S/C70H116O6/c1-4-7-10-13-16-19-22-25-27-29-31-33-34-35-36-38-39-41-43-45-48-51-54-57-60-63-69(72)75-66-67(65-74-68(71)62-59-56-53-50-47-24-21-18-15-12-9-6-3)76-70(73)64-61-58-55-52-49-46-44-42-40-37-32-30-28-26-23-20-17-14-11-8-5-2/h8,11,17-18,20-22,25-26,28-29,31-32,34-35,37,42,44,49,52,67H,4-7,9-10,12-16,19,23-24,27,30,33,36,38-41,43,45-48,50-51,53-66H2,1-3H3/b11-8-,20-17-,21-18-,25-22-,28-26-,31-29-,35-34-,37-32-,44-42-,52-49-. The highest BCUT2D eigenvalue weighted by molar-refractivity contribution is 5.71. The van der Waals surface area contributed by atoms with Crippen molar-refractivity contribution in [2.24, 2.45) is 0 Å². The van der Waals surface area contributed by atoms with E-state index in [-0.39, 0.29) is 37.5 Å². The number of rotatable bonds is 56. The van der Waals surface area contributed by atoms with Gasteiger partial charge in [0.15, 0.2) is 6.10 Å². The van der Waals surface area contributed by atoms with Gasteiger partial charge in [0.25, 0.3) is 0 Å². The van der Waals surface area contributed by atoms with E-state index in [1.54, 1.807) is 0 Å². The summed E-state index contributed by atoms with van der Waals surface area (Å²) in [5.41, 5.74) is 0. The van der Waals surface area contributed by atoms with Crippen LogP contribution in [0.2, 0.25) is 0 Å². The third kappa shape index (κ3) is 60.7. The summed E-state index contributed by atoms with van der Waals surface area (Å²) < 4.78 is 16.9. The largest absolute Gasteiger partial charge is 0.462 e. The zero-order valence-corrected chi connectivity index (χ0v) is 49.5. The fourth-order valence-corrected chi connectivity index (χ4v) is 8.45. The predicted molar refractivity (Wildman–Crippen MR) is 330 cm³/mol. The lowest BCUT2D eigenvalue weighted by Crippen LogP contribution is -2.30. The summed E-state index contributed by atoms with van der Waals surface area (Å²) in [7, 11) is 0. The van der Waals surface area contributed by atoms with E-state index in [0.717, 1.165) is 116 Å². The molecule has 0 bridgehead atoms. The lowest BCUT2D eigenvalue weighted by atomic mass is 10.1. The number of carbonyl (C=O) groups excluding carboxylic acids is 3. The van der Waals surface area contributed by atoms with E-state index < -0.39 is 6.10 Å². The highest BCUT2D eigenvalue weighted by atomic mass is 16.6. The van der Waals surface area contributed by atoms with Crippen LogP contribution >= 0.6 is 0 Å². The van der Waals surface area contributed by atoms with Gasteiger partial charge in [0, 0.05) is 19.3 Å². The normalized spacial score (nSPS) is 12.9. The van der Waals surface area contributed by atoms with Crippen molar-refractivity contribution < 1.29 is 28.6 Å². The van der Waals surface area contributed by atoms with E-state index in [1.807, 2.05) is 0 Å². The van der Waals surface area contributed by atoms with Gasteiger partial charge in [0.2, 0.25) is 0 Å². The van der Waals surface area contributed by atoms with Gasteiger partial charge in [-0.2, -0.15) is 0 Å². The third-order valence-corrected chi connectivity index (χ3v) is 13.2. The fraction of sp³-hybridized carbons (Fsp3) is 0.671. The van der Waals surface area contributed by atoms with Gasteiger partial charge in [-0.15, -0.1) is 0 Å². The summed E-state index contributed by atoms with van der Waals surface area (Å²) in [5, 5.41) is 0. The Labute approximate surface area is 469 Å². The Hall–Kier alpha value is -4.19. The fourth-order valence-electron chi connectivity index (χ4n) is 8.45. The summed E-state index contributed by atoms with van der Waals surface area (Å²) >= 11 is 0. The molecule has 0 aliphatic heterocycles. The maximum Gasteiger partial charge on any atom is 0.306 e. The van der Waals surface area contributed by atoms with E-state index >= 15 is 0 Å². The van der Waals surface area contributed by atoms with Gasteiger partial charge in [0.1, 0.15) is 13.2 Å². The first-order chi connectivity index (χ1) is 37.5. The van der Waals surface area contributed by atoms with Gasteiger partial charge in [0.05, 0.1) is 0 Å². The van der Waals surface area contributed by atoms with Crippen LogP contribution in [0.3, 0.4) is 0 Å². The molecule has 0 radical (unpaired) electrons. The van der Waals surface area contributed by atoms with Gasteiger partial charge >= 0.3 is 17.9 Å². The van der Waals surface area contributed by atoms with Crippen LogP contribution in [0.1, 0.15) is 284 Å². The average Bonchev–Trinajstić information content (AvgIpc) is 3.42. The second-order valence-corrected chi connectivity index (χ2v) is 20.6. The van der Waals surface area contributed by atoms with Crippen LogP contribution in [0.5, 0.6) is 0 Å². The smallest absolute Gasteiger partial charge is 0.306 e. The number of ether oxygens (including phenoxy) is 3. The molecule has 0 aromatic carbocycles. The zero-order valence-electron chi connectivity index (χ0n) is 49.5.